The molecule has 1 aliphatic rings. The number of allylic oxidation sites excluding steroid dienone is 2. The highest BCUT2D eigenvalue weighted by Crippen LogP contribution is 2.06. The summed E-state index contributed by atoms with van der Waals surface area (Å²) in [5, 5.41) is 11.5. The molecule has 0 radical (unpaired) electrons. The summed E-state index contributed by atoms with van der Waals surface area (Å²) in [5.41, 5.74) is 0.297. The molecule has 0 aliphatic carbocycles. The normalized spacial score (nSPS) is 23.0. The van der Waals surface area contributed by atoms with Crippen LogP contribution in [-0.4, -0.2) is 29.3 Å². The summed E-state index contributed by atoms with van der Waals surface area (Å²) in [4.78, 5) is 21.8. The molecule has 1 atom stereocenters. The fraction of sp³-hybridized carbons (Fsp3) is 0.500. The summed E-state index contributed by atoms with van der Waals surface area (Å²) >= 11 is 0. The van der Waals surface area contributed by atoms with Gasteiger partial charge >= 0.3 is 0 Å². The van der Waals surface area contributed by atoms with Crippen molar-refractivity contribution in [2.45, 2.75) is 19.4 Å². The van der Waals surface area contributed by atoms with Crippen molar-refractivity contribution in [2.75, 3.05) is 6.61 Å². The maximum absolute atomic E-state index is 11.0. The Morgan fingerprint density at radius 3 is 3.00 bits per heavy atom. The molecule has 12 heavy (non-hydrogen) atoms. The summed E-state index contributed by atoms with van der Waals surface area (Å²) < 4.78 is 0. The van der Waals surface area contributed by atoms with Crippen molar-refractivity contribution in [1.29, 1.82) is 0 Å². The third kappa shape index (κ3) is 1.92. The van der Waals surface area contributed by atoms with Gasteiger partial charge in [-0.1, -0.05) is 0 Å². The average molecular weight is 169 g/mol. The van der Waals surface area contributed by atoms with Crippen LogP contribution >= 0.6 is 0 Å². The molecule has 0 unspecified atom stereocenters. The molecule has 1 rings (SSSR count). The molecule has 2 N–H and O–H groups in total. The van der Waals surface area contributed by atoms with Crippen molar-refractivity contribution in [3.8, 4) is 0 Å². The second-order valence-corrected chi connectivity index (χ2v) is 2.81. The highest BCUT2D eigenvalue weighted by Gasteiger charge is 2.20. The van der Waals surface area contributed by atoms with E-state index in [9.17, 15) is 9.59 Å². The minimum absolute atomic E-state index is 0.113. The highest BCUT2D eigenvalue weighted by atomic mass is 16.3. The van der Waals surface area contributed by atoms with Gasteiger partial charge in [0.05, 0.1) is 18.3 Å². The molecule has 4 nitrogen and oxygen atoms in total. The van der Waals surface area contributed by atoms with Crippen molar-refractivity contribution in [1.82, 2.24) is 5.32 Å². The Hall–Kier alpha value is -1.16. The van der Waals surface area contributed by atoms with E-state index in [1.807, 2.05) is 0 Å². The van der Waals surface area contributed by atoms with Crippen LogP contribution in [0.1, 0.15) is 13.3 Å². The van der Waals surface area contributed by atoms with Gasteiger partial charge in [0.1, 0.15) is 0 Å². The number of rotatable bonds is 2. The predicted molar refractivity (Wildman–Crippen MR) is 42.4 cm³/mol. The largest absolute Gasteiger partial charge is 0.394 e. The van der Waals surface area contributed by atoms with Gasteiger partial charge in [-0.05, 0) is 0 Å². The molecule has 0 saturated heterocycles. The first-order valence-corrected chi connectivity index (χ1v) is 3.76. The Morgan fingerprint density at radius 2 is 2.50 bits per heavy atom. The molecule has 0 fully saturated rings. The molecular weight excluding hydrogens is 158 g/mol. The Kier molecular flexibility index (Phi) is 2.60. The Bertz CT molecular complexity index is 245. The molecule has 4 heteroatoms. The van der Waals surface area contributed by atoms with Gasteiger partial charge < -0.3 is 10.4 Å². The molecule has 66 valence electrons. The maximum atomic E-state index is 11.0. The van der Waals surface area contributed by atoms with Gasteiger partial charge in [0.25, 0.3) is 0 Å². The van der Waals surface area contributed by atoms with Crippen molar-refractivity contribution in [3.63, 3.8) is 0 Å². The number of hydrogen-bond acceptors (Lipinski definition) is 4. The predicted octanol–water partition coefficient (Wildman–Crippen LogP) is -0.617. The van der Waals surface area contributed by atoms with E-state index in [4.69, 9.17) is 5.11 Å². The second-order valence-electron chi connectivity index (χ2n) is 2.81. The van der Waals surface area contributed by atoms with Crippen LogP contribution in [0.15, 0.2) is 11.8 Å². The molecule has 1 aliphatic heterocycles. The van der Waals surface area contributed by atoms with Crippen LogP contribution in [0.2, 0.25) is 0 Å². The number of nitrogens with one attached hydrogen (secondary N) is 1. The molecule has 0 aromatic carbocycles. The van der Waals surface area contributed by atoms with Gasteiger partial charge in [-0.2, -0.15) is 0 Å². The molecular formula is C8H11NO3. The van der Waals surface area contributed by atoms with Crippen LogP contribution in [-0.2, 0) is 9.59 Å². The number of Topliss-reactive ketones (excluding diaryl/α,β-unsaturated/α-hetero) is 1. The third-order valence-corrected chi connectivity index (χ3v) is 1.71. The Labute approximate surface area is 70.3 Å². The number of carbonyl (C=O) groups is 2. The summed E-state index contributed by atoms with van der Waals surface area (Å²) in [7, 11) is 0. The quantitative estimate of drug-likeness (QED) is 0.578. The van der Waals surface area contributed by atoms with E-state index >= 15 is 0 Å². The molecule has 0 amide bonds. The standard InChI is InChI=1S/C8H11NO3/c1-5(11)8-3-7(12)2-6(4-10)9-8/h3,6,9-10H,2,4H2,1H3/t6-/m0/s1. The van der Waals surface area contributed by atoms with Gasteiger partial charge in [0.2, 0.25) is 0 Å². The van der Waals surface area contributed by atoms with Gasteiger partial charge in [-0.15, -0.1) is 0 Å². The molecule has 0 aromatic heterocycles. The maximum Gasteiger partial charge on any atom is 0.175 e. The summed E-state index contributed by atoms with van der Waals surface area (Å²) in [6, 6.07) is -0.304. The van der Waals surface area contributed by atoms with E-state index in [2.05, 4.69) is 5.32 Å². The SMILES string of the molecule is CC(=O)C1=CC(=O)C[C@@H](CO)N1. The van der Waals surface area contributed by atoms with Gasteiger partial charge in [-0.25, -0.2) is 0 Å². The highest BCUT2D eigenvalue weighted by molar-refractivity contribution is 6.02. The monoisotopic (exact) mass is 169 g/mol. The topological polar surface area (TPSA) is 66.4 Å². The van der Waals surface area contributed by atoms with Crippen LogP contribution in [0.25, 0.3) is 0 Å². The number of ketones is 2. The fourth-order valence-electron chi connectivity index (χ4n) is 1.09. The number of aliphatic hydroxyl groups is 1. The summed E-state index contributed by atoms with van der Waals surface area (Å²) in [5.74, 6) is -0.292. The van der Waals surface area contributed by atoms with E-state index in [0.717, 1.165) is 0 Å². The van der Waals surface area contributed by atoms with Crippen molar-refractivity contribution in [2.24, 2.45) is 0 Å². The van der Waals surface area contributed by atoms with E-state index in [1.54, 1.807) is 0 Å². The molecule has 0 saturated carbocycles. The van der Waals surface area contributed by atoms with Crippen molar-refractivity contribution >= 4 is 11.6 Å². The van der Waals surface area contributed by atoms with E-state index in [-0.39, 0.29) is 30.6 Å². The van der Waals surface area contributed by atoms with Crippen molar-refractivity contribution < 1.29 is 14.7 Å². The first-order valence-electron chi connectivity index (χ1n) is 3.76. The fourth-order valence-corrected chi connectivity index (χ4v) is 1.09. The summed E-state index contributed by atoms with van der Waals surface area (Å²) in [6.07, 6.45) is 1.54. The van der Waals surface area contributed by atoms with E-state index in [0.29, 0.717) is 5.70 Å². The minimum atomic E-state index is -0.304. The summed E-state index contributed by atoms with van der Waals surface area (Å²) in [6.45, 7) is 1.25. The van der Waals surface area contributed by atoms with Crippen LogP contribution < -0.4 is 5.32 Å². The number of carbonyl (C=O) groups excluding carboxylic acids is 2. The zero-order chi connectivity index (χ0) is 9.14. The Balaban J connectivity index is 2.76. The lowest BCUT2D eigenvalue weighted by atomic mass is 10.0. The minimum Gasteiger partial charge on any atom is -0.394 e. The van der Waals surface area contributed by atoms with Crippen molar-refractivity contribution in [3.05, 3.63) is 11.8 Å². The zero-order valence-corrected chi connectivity index (χ0v) is 6.83. The van der Waals surface area contributed by atoms with Gasteiger partial charge in [0.15, 0.2) is 11.6 Å². The molecule has 0 spiro atoms. The first kappa shape index (κ1) is 8.93. The van der Waals surface area contributed by atoms with Gasteiger partial charge in [0, 0.05) is 19.4 Å². The van der Waals surface area contributed by atoms with Gasteiger partial charge in [-0.3, -0.25) is 9.59 Å². The van der Waals surface area contributed by atoms with E-state index < -0.39 is 0 Å². The van der Waals surface area contributed by atoms with Crippen LogP contribution in [0.5, 0.6) is 0 Å². The van der Waals surface area contributed by atoms with Crippen LogP contribution in [0.4, 0.5) is 0 Å². The first-order chi connectivity index (χ1) is 5.63. The lowest BCUT2D eigenvalue weighted by Gasteiger charge is -2.21. The number of aliphatic hydroxyl groups excluding tert-OH is 1. The lowest BCUT2D eigenvalue weighted by molar-refractivity contribution is -0.118. The van der Waals surface area contributed by atoms with Crippen LogP contribution in [0.3, 0.4) is 0 Å². The molecule has 0 aromatic rings. The number of hydrogen-bond donors (Lipinski definition) is 2. The lowest BCUT2D eigenvalue weighted by Crippen LogP contribution is -2.39. The Morgan fingerprint density at radius 1 is 1.83 bits per heavy atom. The van der Waals surface area contributed by atoms with Crippen LogP contribution in [0, 0.1) is 0 Å². The second kappa shape index (κ2) is 3.49. The average Bonchev–Trinajstić information content (AvgIpc) is 2.03. The molecule has 1 heterocycles. The molecule has 0 bridgehead atoms. The smallest absolute Gasteiger partial charge is 0.175 e. The zero-order valence-electron chi connectivity index (χ0n) is 6.83. The van der Waals surface area contributed by atoms with E-state index in [1.165, 1.54) is 13.0 Å². The third-order valence-electron chi connectivity index (χ3n) is 1.71.